The lowest BCUT2D eigenvalue weighted by molar-refractivity contribution is -0.121. The predicted octanol–water partition coefficient (Wildman–Crippen LogP) is 0.951. The molecule has 7 heteroatoms. The van der Waals surface area contributed by atoms with Gasteiger partial charge in [-0.25, -0.2) is 0 Å². The number of carbonyl (C=O) groups excluding carboxylic acids is 1. The van der Waals surface area contributed by atoms with Crippen LogP contribution in [0.15, 0.2) is 0 Å². The van der Waals surface area contributed by atoms with Crippen molar-refractivity contribution in [3.8, 4) is 0 Å². The van der Waals surface area contributed by atoms with Crippen molar-refractivity contribution in [2.45, 2.75) is 51.1 Å². The van der Waals surface area contributed by atoms with E-state index in [0.717, 1.165) is 30.8 Å². The van der Waals surface area contributed by atoms with Crippen LogP contribution in [0.25, 0.3) is 0 Å². The third-order valence-electron chi connectivity index (χ3n) is 3.70. The standard InChI is InChI=1S/C15H29N3O3S/c1-12-13(18-15(22)17-12)6-4-3-5-7-14(19)16-8-9-21-11-10-20-2/h12-13H,3-11H2,1-2H3,(H,16,19)(H2,17,18,22)/t12-,13+/m0/s1. The molecular formula is C15H29N3O3S. The summed E-state index contributed by atoms with van der Waals surface area (Å²) >= 11 is 5.09. The van der Waals surface area contributed by atoms with Gasteiger partial charge in [0.15, 0.2) is 5.11 Å². The maximum atomic E-state index is 11.6. The Labute approximate surface area is 138 Å². The van der Waals surface area contributed by atoms with E-state index in [-0.39, 0.29) is 5.91 Å². The van der Waals surface area contributed by atoms with Gasteiger partial charge in [-0.2, -0.15) is 0 Å². The van der Waals surface area contributed by atoms with Crippen LogP contribution in [0.1, 0.15) is 39.0 Å². The molecule has 1 rings (SSSR count). The maximum Gasteiger partial charge on any atom is 0.220 e. The third kappa shape index (κ3) is 8.51. The highest BCUT2D eigenvalue weighted by atomic mass is 32.1. The first-order valence-corrected chi connectivity index (χ1v) is 8.44. The number of methoxy groups -OCH3 is 1. The highest BCUT2D eigenvalue weighted by molar-refractivity contribution is 7.80. The lowest BCUT2D eigenvalue weighted by Crippen LogP contribution is -2.30. The first kappa shape index (κ1) is 19.1. The van der Waals surface area contributed by atoms with E-state index in [2.05, 4.69) is 22.9 Å². The maximum absolute atomic E-state index is 11.6. The van der Waals surface area contributed by atoms with E-state index in [4.69, 9.17) is 21.7 Å². The molecule has 0 aromatic rings. The molecule has 0 spiro atoms. The molecule has 1 aliphatic heterocycles. The average Bonchev–Trinajstić information content (AvgIpc) is 2.80. The Hall–Kier alpha value is -0.920. The molecule has 128 valence electrons. The monoisotopic (exact) mass is 331 g/mol. The van der Waals surface area contributed by atoms with Gasteiger partial charge < -0.3 is 25.4 Å². The molecule has 0 bridgehead atoms. The number of hydrogen-bond acceptors (Lipinski definition) is 4. The minimum atomic E-state index is 0.102. The van der Waals surface area contributed by atoms with Crippen LogP contribution in [0.5, 0.6) is 0 Å². The van der Waals surface area contributed by atoms with Gasteiger partial charge in [-0.1, -0.05) is 12.8 Å². The number of unbranched alkanes of at least 4 members (excludes halogenated alkanes) is 2. The summed E-state index contributed by atoms with van der Waals surface area (Å²) in [4.78, 5) is 11.6. The predicted molar refractivity (Wildman–Crippen MR) is 90.9 cm³/mol. The molecule has 1 saturated heterocycles. The normalized spacial score (nSPS) is 20.5. The van der Waals surface area contributed by atoms with Crippen molar-refractivity contribution < 1.29 is 14.3 Å². The molecule has 1 amide bonds. The molecule has 1 heterocycles. The first-order chi connectivity index (χ1) is 10.6. The summed E-state index contributed by atoms with van der Waals surface area (Å²) in [7, 11) is 1.64. The van der Waals surface area contributed by atoms with Crippen LogP contribution in [0, 0.1) is 0 Å². The van der Waals surface area contributed by atoms with Crippen LogP contribution in [-0.4, -0.2) is 56.6 Å². The van der Waals surface area contributed by atoms with E-state index in [1.165, 1.54) is 0 Å². The van der Waals surface area contributed by atoms with E-state index in [1.54, 1.807) is 7.11 Å². The van der Waals surface area contributed by atoms with Gasteiger partial charge in [0.05, 0.1) is 19.8 Å². The fraction of sp³-hybridized carbons (Fsp3) is 0.867. The van der Waals surface area contributed by atoms with E-state index in [0.29, 0.717) is 44.9 Å². The van der Waals surface area contributed by atoms with Crippen LogP contribution >= 0.6 is 12.2 Å². The second-order valence-corrected chi connectivity index (χ2v) is 5.98. The number of hydrogen-bond donors (Lipinski definition) is 3. The summed E-state index contributed by atoms with van der Waals surface area (Å²) in [6, 6.07) is 0.819. The molecule has 6 nitrogen and oxygen atoms in total. The molecule has 2 atom stereocenters. The largest absolute Gasteiger partial charge is 0.382 e. The Kier molecular flexibility index (Phi) is 10.1. The summed E-state index contributed by atoms with van der Waals surface area (Å²) < 4.78 is 10.1. The number of thiocarbonyl (C=S) groups is 1. The lowest BCUT2D eigenvalue weighted by atomic mass is 10.0. The highest BCUT2D eigenvalue weighted by Crippen LogP contribution is 2.11. The van der Waals surface area contributed by atoms with E-state index >= 15 is 0 Å². The number of amides is 1. The zero-order chi connectivity index (χ0) is 16.2. The summed E-state index contributed by atoms with van der Waals surface area (Å²) in [5.41, 5.74) is 0. The van der Waals surface area contributed by atoms with E-state index < -0.39 is 0 Å². The van der Waals surface area contributed by atoms with Crippen LogP contribution in [0.2, 0.25) is 0 Å². The number of nitrogens with one attached hydrogen (secondary N) is 3. The first-order valence-electron chi connectivity index (χ1n) is 8.04. The van der Waals surface area contributed by atoms with Crippen molar-refractivity contribution in [1.82, 2.24) is 16.0 Å². The minimum Gasteiger partial charge on any atom is -0.382 e. The molecule has 1 fully saturated rings. The lowest BCUT2D eigenvalue weighted by Gasteiger charge is -2.14. The van der Waals surface area contributed by atoms with Gasteiger partial charge in [-0.15, -0.1) is 0 Å². The van der Waals surface area contributed by atoms with Crippen molar-refractivity contribution in [2.75, 3.05) is 33.5 Å². The third-order valence-corrected chi connectivity index (χ3v) is 3.93. The van der Waals surface area contributed by atoms with Crippen LogP contribution < -0.4 is 16.0 Å². The summed E-state index contributed by atoms with van der Waals surface area (Å²) in [6.45, 7) is 4.39. The fourth-order valence-corrected chi connectivity index (χ4v) is 2.72. The van der Waals surface area contributed by atoms with Crippen molar-refractivity contribution in [2.24, 2.45) is 0 Å². The zero-order valence-corrected chi connectivity index (χ0v) is 14.5. The topological polar surface area (TPSA) is 71.6 Å². The van der Waals surface area contributed by atoms with Crippen LogP contribution in [0.3, 0.4) is 0 Å². The second-order valence-electron chi connectivity index (χ2n) is 5.57. The van der Waals surface area contributed by atoms with Crippen LogP contribution in [0.4, 0.5) is 0 Å². The van der Waals surface area contributed by atoms with Gasteiger partial charge >= 0.3 is 0 Å². The molecule has 0 saturated carbocycles. The number of rotatable bonds is 12. The van der Waals surface area contributed by atoms with Crippen molar-refractivity contribution in [3.05, 3.63) is 0 Å². The molecule has 0 aliphatic carbocycles. The van der Waals surface area contributed by atoms with Crippen LogP contribution in [-0.2, 0) is 14.3 Å². The second kappa shape index (κ2) is 11.6. The highest BCUT2D eigenvalue weighted by Gasteiger charge is 2.24. The summed E-state index contributed by atoms with van der Waals surface area (Å²) in [5.74, 6) is 0.102. The van der Waals surface area contributed by atoms with E-state index in [9.17, 15) is 4.79 Å². The zero-order valence-electron chi connectivity index (χ0n) is 13.7. The smallest absolute Gasteiger partial charge is 0.220 e. The summed E-state index contributed by atoms with van der Waals surface area (Å²) in [5, 5.41) is 10.1. The Morgan fingerprint density at radius 3 is 2.73 bits per heavy atom. The number of ether oxygens (including phenoxy) is 2. The average molecular weight is 331 g/mol. The summed E-state index contributed by atoms with van der Waals surface area (Å²) in [6.07, 6.45) is 4.77. The molecule has 0 aromatic heterocycles. The molecule has 22 heavy (non-hydrogen) atoms. The Balaban J connectivity index is 1.89. The molecule has 0 aromatic carbocycles. The molecule has 0 radical (unpaired) electrons. The Morgan fingerprint density at radius 1 is 1.23 bits per heavy atom. The molecule has 1 aliphatic rings. The van der Waals surface area contributed by atoms with Gasteiger partial charge in [0.1, 0.15) is 0 Å². The van der Waals surface area contributed by atoms with E-state index in [1.807, 2.05) is 0 Å². The SMILES string of the molecule is COCCOCCNC(=O)CCCCC[C@H]1NC(=S)N[C@H]1C. The minimum absolute atomic E-state index is 0.102. The van der Waals surface area contributed by atoms with Gasteiger partial charge in [0.2, 0.25) is 5.91 Å². The molecule has 0 unspecified atom stereocenters. The molecular weight excluding hydrogens is 302 g/mol. The Morgan fingerprint density at radius 2 is 2.05 bits per heavy atom. The van der Waals surface area contributed by atoms with Gasteiger partial charge in [-0.3, -0.25) is 4.79 Å². The van der Waals surface area contributed by atoms with Gasteiger partial charge in [-0.05, 0) is 32.0 Å². The van der Waals surface area contributed by atoms with Gasteiger partial charge in [0, 0.05) is 32.2 Å². The van der Waals surface area contributed by atoms with Crippen molar-refractivity contribution in [3.63, 3.8) is 0 Å². The fourth-order valence-electron chi connectivity index (χ4n) is 2.39. The van der Waals surface area contributed by atoms with Gasteiger partial charge in [0.25, 0.3) is 0 Å². The quantitative estimate of drug-likeness (QED) is 0.365. The van der Waals surface area contributed by atoms with Crippen molar-refractivity contribution in [1.29, 1.82) is 0 Å². The van der Waals surface area contributed by atoms with Crippen molar-refractivity contribution >= 4 is 23.2 Å². The number of carbonyl (C=O) groups is 1. The molecule has 3 N–H and O–H groups in total. The Bertz CT molecular complexity index is 342.